The highest BCUT2D eigenvalue weighted by molar-refractivity contribution is 6.42. The summed E-state index contributed by atoms with van der Waals surface area (Å²) >= 11 is 11.8. The van der Waals surface area contributed by atoms with Crippen molar-refractivity contribution in [2.75, 3.05) is 0 Å². The Morgan fingerprint density at radius 2 is 2.06 bits per heavy atom. The molecule has 0 radical (unpaired) electrons. The maximum Gasteiger partial charge on any atom is 0.0943 e. The standard InChI is InChI=1S/C12H15Cl2NO/c1-7-2-5-11(15-7)12(16)8-3-4-9(13)10(14)6-8/h3-4,6-7,11-12,15-16H,2,5H2,1H3. The van der Waals surface area contributed by atoms with E-state index < -0.39 is 6.10 Å². The molecular weight excluding hydrogens is 245 g/mol. The second-order valence-corrected chi connectivity index (χ2v) is 5.18. The van der Waals surface area contributed by atoms with Crippen LogP contribution in [0, 0.1) is 0 Å². The molecule has 1 fully saturated rings. The van der Waals surface area contributed by atoms with Crippen molar-refractivity contribution in [1.82, 2.24) is 5.32 Å². The fourth-order valence-electron chi connectivity index (χ4n) is 2.14. The van der Waals surface area contributed by atoms with Crippen LogP contribution in [0.5, 0.6) is 0 Å². The molecule has 4 heteroatoms. The lowest BCUT2D eigenvalue weighted by atomic mass is 10.0. The van der Waals surface area contributed by atoms with Crippen LogP contribution in [0.25, 0.3) is 0 Å². The van der Waals surface area contributed by atoms with Gasteiger partial charge >= 0.3 is 0 Å². The normalized spacial score (nSPS) is 27.0. The molecule has 1 saturated heterocycles. The van der Waals surface area contributed by atoms with Crippen LogP contribution >= 0.6 is 23.2 Å². The molecule has 1 heterocycles. The minimum Gasteiger partial charge on any atom is -0.387 e. The molecule has 1 aromatic rings. The third kappa shape index (κ3) is 2.51. The predicted molar refractivity (Wildman–Crippen MR) is 67.0 cm³/mol. The number of halogens is 2. The lowest BCUT2D eigenvalue weighted by Gasteiger charge is -2.19. The van der Waals surface area contributed by atoms with Crippen LogP contribution in [0.3, 0.4) is 0 Å². The summed E-state index contributed by atoms with van der Waals surface area (Å²) in [5, 5.41) is 14.6. The van der Waals surface area contributed by atoms with Crippen molar-refractivity contribution in [1.29, 1.82) is 0 Å². The molecule has 0 bridgehead atoms. The molecule has 2 rings (SSSR count). The number of benzene rings is 1. The fraction of sp³-hybridized carbons (Fsp3) is 0.500. The van der Waals surface area contributed by atoms with Crippen molar-refractivity contribution in [2.45, 2.75) is 38.0 Å². The summed E-state index contributed by atoms with van der Waals surface area (Å²) in [7, 11) is 0. The number of aliphatic hydroxyl groups excluding tert-OH is 1. The summed E-state index contributed by atoms with van der Waals surface area (Å²) in [6, 6.07) is 5.87. The van der Waals surface area contributed by atoms with Crippen LogP contribution in [0.4, 0.5) is 0 Å². The maximum absolute atomic E-state index is 10.2. The Balaban J connectivity index is 2.14. The van der Waals surface area contributed by atoms with Gasteiger partial charge in [-0.3, -0.25) is 0 Å². The minimum atomic E-state index is -0.514. The van der Waals surface area contributed by atoms with E-state index in [0.29, 0.717) is 16.1 Å². The van der Waals surface area contributed by atoms with Gasteiger partial charge in [0.2, 0.25) is 0 Å². The van der Waals surface area contributed by atoms with E-state index in [4.69, 9.17) is 23.2 Å². The Bertz CT molecular complexity index is 383. The molecule has 2 N–H and O–H groups in total. The topological polar surface area (TPSA) is 32.3 Å². The highest BCUT2D eigenvalue weighted by Crippen LogP contribution is 2.29. The molecule has 1 aromatic carbocycles. The van der Waals surface area contributed by atoms with Gasteiger partial charge in [-0.25, -0.2) is 0 Å². The molecule has 88 valence electrons. The van der Waals surface area contributed by atoms with E-state index in [1.54, 1.807) is 12.1 Å². The van der Waals surface area contributed by atoms with Crippen molar-refractivity contribution in [3.05, 3.63) is 33.8 Å². The molecule has 0 amide bonds. The molecule has 2 nitrogen and oxygen atoms in total. The van der Waals surface area contributed by atoms with Gasteiger partial charge in [-0.05, 0) is 37.5 Å². The lowest BCUT2D eigenvalue weighted by Crippen LogP contribution is -2.32. The van der Waals surface area contributed by atoms with Crippen LogP contribution < -0.4 is 5.32 Å². The van der Waals surface area contributed by atoms with E-state index in [-0.39, 0.29) is 6.04 Å². The quantitative estimate of drug-likeness (QED) is 0.856. The summed E-state index contributed by atoms with van der Waals surface area (Å²) in [5.74, 6) is 0. The molecule has 0 aliphatic carbocycles. The van der Waals surface area contributed by atoms with Crippen LogP contribution in [0.2, 0.25) is 10.0 Å². The van der Waals surface area contributed by atoms with Crippen molar-refractivity contribution < 1.29 is 5.11 Å². The Hall–Kier alpha value is -0.280. The van der Waals surface area contributed by atoms with E-state index in [1.807, 2.05) is 6.07 Å². The van der Waals surface area contributed by atoms with Gasteiger partial charge in [-0.1, -0.05) is 29.3 Å². The summed E-state index contributed by atoms with van der Waals surface area (Å²) in [4.78, 5) is 0. The lowest BCUT2D eigenvalue weighted by molar-refractivity contribution is 0.135. The Labute approximate surface area is 106 Å². The molecule has 16 heavy (non-hydrogen) atoms. The number of aliphatic hydroxyl groups is 1. The first kappa shape index (κ1) is 12.2. The van der Waals surface area contributed by atoms with E-state index in [2.05, 4.69) is 12.2 Å². The van der Waals surface area contributed by atoms with Crippen molar-refractivity contribution in [2.24, 2.45) is 0 Å². The zero-order valence-corrected chi connectivity index (χ0v) is 10.6. The summed E-state index contributed by atoms with van der Waals surface area (Å²) in [5.41, 5.74) is 0.820. The van der Waals surface area contributed by atoms with Gasteiger partial charge in [0.15, 0.2) is 0 Å². The molecule has 0 spiro atoms. The SMILES string of the molecule is CC1CCC(C(O)c2ccc(Cl)c(Cl)c2)N1. The van der Waals surface area contributed by atoms with Gasteiger partial charge in [-0.2, -0.15) is 0 Å². The number of hydrogen-bond donors (Lipinski definition) is 2. The van der Waals surface area contributed by atoms with E-state index in [1.165, 1.54) is 0 Å². The Kier molecular flexibility index (Phi) is 3.75. The molecule has 0 aromatic heterocycles. The summed E-state index contributed by atoms with van der Waals surface area (Å²) in [6.45, 7) is 2.13. The highest BCUT2D eigenvalue weighted by Gasteiger charge is 2.27. The van der Waals surface area contributed by atoms with Gasteiger partial charge in [0.25, 0.3) is 0 Å². The summed E-state index contributed by atoms with van der Waals surface area (Å²) in [6.07, 6.45) is 1.57. The molecule has 0 saturated carbocycles. The third-order valence-corrected chi connectivity index (χ3v) is 3.81. The van der Waals surface area contributed by atoms with Gasteiger partial charge < -0.3 is 10.4 Å². The van der Waals surface area contributed by atoms with Crippen LogP contribution in [-0.4, -0.2) is 17.2 Å². The second-order valence-electron chi connectivity index (χ2n) is 4.37. The zero-order valence-electron chi connectivity index (χ0n) is 9.08. The van der Waals surface area contributed by atoms with Crippen molar-refractivity contribution >= 4 is 23.2 Å². The smallest absolute Gasteiger partial charge is 0.0943 e. The van der Waals surface area contributed by atoms with Crippen LogP contribution in [0.1, 0.15) is 31.4 Å². The Morgan fingerprint density at radius 3 is 2.62 bits per heavy atom. The predicted octanol–water partition coefficient (Wildman–Crippen LogP) is 3.17. The van der Waals surface area contributed by atoms with Gasteiger partial charge in [0, 0.05) is 12.1 Å². The number of hydrogen-bond acceptors (Lipinski definition) is 2. The average Bonchev–Trinajstić information content (AvgIpc) is 2.68. The third-order valence-electron chi connectivity index (χ3n) is 3.08. The van der Waals surface area contributed by atoms with Crippen LogP contribution in [-0.2, 0) is 0 Å². The van der Waals surface area contributed by atoms with Gasteiger partial charge in [0.05, 0.1) is 16.1 Å². The number of nitrogens with one attached hydrogen (secondary N) is 1. The fourth-order valence-corrected chi connectivity index (χ4v) is 2.45. The summed E-state index contributed by atoms with van der Waals surface area (Å²) < 4.78 is 0. The maximum atomic E-state index is 10.2. The van der Waals surface area contributed by atoms with Crippen molar-refractivity contribution in [3.8, 4) is 0 Å². The average molecular weight is 260 g/mol. The molecule has 1 aliphatic rings. The highest BCUT2D eigenvalue weighted by atomic mass is 35.5. The van der Waals surface area contributed by atoms with E-state index >= 15 is 0 Å². The largest absolute Gasteiger partial charge is 0.387 e. The monoisotopic (exact) mass is 259 g/mol. The van der Waals surface area contributed by atoms with E-state index in [9.17, 15) is 5.11 Å². The van der Waals surface area contributed by atoms with Crippen molar-refractivity contribution in [3.63, 3.8) is 0 Å². The first-order valence-corrected chi connectivity index (χ1v) is 6.22. The van der Waals surface area contributed by atoms with Gasteiger partial charge in [0.1, 0.15) is 0 Å². The first-order chi connectivity index (χ1) is 7.58. The van der Waals surface area contributed by atoms with Crippen LogP contribution in [0.15, 0.2) is 18.2 Å². The van der Waals surface area contributed by atoms with Gasteiger partial charge in [-0.15, -0.1) is 0 Å². The molecule has 3 atom stereocenters. The second kappa shape index (κ2) is 4.92. The molecule has 3 unspecified atom stereocenters. The Morgan fingerprint density at radius 1 is 1.31 bits per heavy atom. The zero-order chi connectivity index (χ0) is 11.7. The van der Waals surface area contributed by atoms with E-state index in [0.717, 1.165) is 18.4 Å². The number of rotatable bonds is 2. The minimum absolute atomic E-state index is 0.118. The molecule has 1 aliphatic heterocycles. The molecular formula is C12H15Cl2NO. The first-order valence-electron chi connectivity index (χ1n) is 5.47.